The number of hydrogen-bond acceptors (Lipinski definition) is 5. The lowest BCUT2D eigenvalue weighted by Crippen LogP contribution is -2.36. The number of halogens is 1. The Bertz CT molecular complexity index is 1360. The highest BCUT2D eigenvalue weighted by atomic mass is 79.9. The summed E-state index contributed by atoms with van der Waals surface area (Å²) in [6.07, 6.45) is 3.47. The second-order valence-corrected chi connectivity index (χ2v) is 10.0. The van der Waals surface area contributed by atoms with Gasteiger partial charge in [-0.3, -0.25) is 4.98 Å². The number of aromatic nitrogens is 1. The van der Waals surface area contributed by atoms with Crippen molar-refractivity contribution in [3.05, 3.63) is 89.0 Å². The highest BCUT2D eigenvalue weighted by Gasteiger charge is 2.17. The van der Waals surface area contributed by atoms with Crippen molar-refractivity contribution in [1.29, 1.82) is 0 Å². The van der Waals surface area contributed by atoms with Gasteiger partial charge in [-0.25, -0.2) is 4.79 Å². The molecule has 2 N–H and O–H groups in total. The summed E-state index contributed by atoms with van der Waals surface area (Å²) in [5, 5.41) is 7.64. The zero-order valence-electron chi connectivity index (χ0n) is 21.9. The zero-order chi connectivity index (χ0) is 26.9. The average molecular weight is 578 g/mol. The highest BCUT2D eigenvalue weighted by molar-refractivity contribution is 9.10. The Kier molecular flexibility index (Phi) is 9.43. The molecule has 1 unspecified atom stereocenters. The fourth-order valence-corrected chi connectivity index (χ4v) is 4.61. The van der Waals surface area contributed by atoms with E-state index in [1.165, 1.54) is 0 Å². The van der Waals surface area contributed by atoms with Crippen molar-refractivity contribution >= 4 is 44.2 Å². The van der Waals surface area contributed by atoms with Crippen LogP contribution in [0.15, 0.2) is 83.5 Å². The summed E-state index contributed by atoms with van der Waals surface area (Å²) >= 11 is 3.44. The molecular formula is C30H33BrN4O3. The van der Waals surface area contributed by atoms with E-state index in [9.17, 15) is 4.79 Å². The molecule has 0 spiro atoms. The Hall–Kier alpha value is -3.78. The maximum atomic E-state index is 13.3. The van der Waals surface area contributed by atoms with Crippen LogP contribution in [0.2, 0.25) is 0 Å². The Morgan fingerprint density at radius 2 is 1.82 bits per heavy atom. The molecule has 2 amide bonds. The first-order chi connectivity index (χ1) is 18.5. The van der Waals surface area contributed by atoms with Gasteiger partial charge in [-0.2, -0.15) is 0 Å². The number of ether oxygens (including phenoxy) is 2. The standard InChI is InChI=1S/C30H33BrN4O3/c1-21(33-27-19-26(37-2)18-22-10-6-16-32-29(22)27)8-7-17-35(20-23-9-4-5-11-28(23)38-3)30(36)34-25-14-12-24(31)13-15-25/h4-6,9-16,18-19,21,33H,7-8,17,20H2,1-3H3,(H,34,36). The molecule has 198 valence electrons. The van der Waals surface area contributed by atoms with Crippen LogP contribution in [0, 0.1) is 0 Å². The van der Waals surface area contributed by atoms with Crippen molar-refractivity contribution in [2.45, 2.75) is 32.4 Å². The largest absolute Gasteiger partial charge is 0.497 e. The quantitative estimate of drug-likeness (QED) is 0.195. The van der Waals surface area contributed by atoms with E-state index < -0.39 is 0 Å². The normalized spacial score (nSPS) is 11.6. The molecule has 0 aliphatic rings. The molecule has 38 heavy (non-hydrogen) atoms. The second-order valence-electron chi connectivity index (χ2n) is 9.11. The van der Waals surface area contributed by atoms with Crippen LogP contribution in [0.25, 0.3) is 10.9 Å². The molecule has 8 heteroatoms. The van der Waals surface area contributed by atoms with Gasteiger partial charge in [0.1, 0.15) is 11.5 Å². The van der Waals surface area contributed by atoms with Crippen LogP contribution in [-0.4, -0.2) is 42.7 Å². The maximum absolute atomic E-state index is 13.3. The van der Waals surface area contributed by atoms with E-state index in [1.807, 2.05) is 77.7 Å². The second kappa shape index (κ2) is 13.1. The van der Waals surface area contributed by atoms with Crippen LogP contribution in [0.4, 0.5) is 16.2 Å². The zero-order valence-corrected chi connectivity index (χ0v) is 23.5. The van der Waals surface area contributed by atoms with Crippen LogP contribution in [0.3, 0.4) is 0 Å². The van der Waals surface area contributed by atoms with Crippen LogP contribution in [0.5, 0.6) is 11.5 Å². The van der Waals surface area contributed by atoms with Crippen LogP contribution in [0.1, 0.15) is 25.3 Å². The van der Waals surface area contributed by atoms with Crippen molar-refractivity contribution in [2.75, 3.05) is 31.4 Å². The van der Waals surface area contributed by atoms with Crippen molar-refractivity contribution < 1.29 is 14.3 Å². The van der Waals surface area contributed by atoms with Crippen LogP contribution >= 0.6 is 15.9 Å². The van der Waals surface area contributed by atoms with Crippen molar-refractivity contribution in [3.63, 3.8) is 0 Å². The third kappa shape index (κ3) is 7.16. The summed E-state index contributed by atoms with van der Waals surface area (Å²) in [6, 6.07) is 23.3. The number of nitrogens with one attached hydrogen (secondary N) is 2. The molecule has 0 aliphatic heterocycles. The minimum atomic E-state index is -0.151. The Labute approximate surface area is 232 Å². The number of urea groups is 1. The number of fused-ring (bicyclic) bond motifs is 1. The van der Waals surface area contributed by atoms with Crippen LogP contribution in [-0.2, 0) is 6.54 Å². The number of methoxy groups -OCH3 is 2. The molecule has 1 aromatic heterocycles. The van der Waals surface area contributed by atoms with Gasteiger partial charge in [0.15, 0.2) is 0 Å². The van der Waals surface area contributed by atoms with Gasteiger partial charge in [0.05, 0.1) is 32.0 Å². The molecule has 3 aromatic carbocycles. The first kappa shape index (κ1) is 27.3. The summed E-state index contributed by atoms with van der Waals surface area (Å²) < 4.78 is 12.0. The molecule has 0 saturated heterocycles. The van der Waals surface area contributed by atoms with E-state index in [0.717, 1.165) is 56.7 Å². The fourth-order valence-electron chi connectivity index (χ4n) is 4.35. The minimum Gasteiger partial charge on any atom is -0.497 e. The molecule has 0 fully saturated rings. The van der Waals surface area contributed by atoms with Gasteiger partial charge in [-0.15, -0.1) is 0 Å². The predicted molar refractivity (Wildman–Crippen MR) is 157 cm³/mol. The van der Waals surface area contributed by atoms with Gasteiger partial charge in [0, 0.05) is 46.0 Å². The third-order valence-corrected chi connectivity index (χ3v) is 6.85. The summed E-state index contributed by atoms with van der Waals surface area (Å²) in [4.78, 5) is 19.7. The molecule has 7 nitrogen and oxygen atoms in total. The van der Waals surface area contributed by atoms with Gasteiger partial charge in [-0.1, -0.05) is 40.2 Å². The first-order valence-electron chi connectivity index (χ1n) is 12.6. The number of para-hydroxylation sites is 1. The number of amides is 2. The fraction of sp³-hybridized carbons (Fsp3) is 0.267. The number of nitrogens with zero attached hydrogens (tertiary/aromatic N) is 2. The van der Waals surface area contributed by atoms with Gasteiger partial charge < -0.3 is 25.0 Å². The predicted octanol–water partition coefficient (Wildman–Crippen LogP) is 7.33. The van der Waals surface area contributed by atoms with E-state index in [2.05, 4.69) is 38.5 Å². The van der Waals surface area contributed by atoms with E-state index in [-0.39, 0.29) is 12.1 Å². The summed E-state index contributed by atoms with van der Waals surface area (Å²) in [5.41, 5.74) is 3.55. The van der Waals surface area contributed by atoms with E-state index in [0.29, 0.717) is 13.1 Å². The van der Waals surface area contributed by atoms with Crippen molar-refractivity contribution in [2.24, 2.45) is 0 Å². The van der Waals surface area contributed by atoms with Gasteiger partial charge in [-0.05, 0) is 62.2 Å². The van der Waals surface area contributed by atoms with E-state index >= 15 is 0 Å². The number of carbonyl (C=O) groups excluding carboxylic acids is 1. The molecule has 1 heterocycles. The molecule has 0 radical (unpaired) electrons. The Morgan fingerprint density at radius 1 is 1.03 bits per heavy atom. The van der Waals surface area contributed by atoms with Crippen LogP contribution < -0.4 is 20.1 Å². The molecule has 1 atom stereocenters. The number of hydrogen-bond donors (Lipinski definition) is 2. The lowest BCUT2D eigenvalue weighted by atomic mass is 10.1. The van der Waals surface area contributed by atoms with E-state index in [4.69, 9.17) is 9.47 Å². The lowest BCUT2D eigenvalue weighted by Gasteiger charge is -2.25. The first-order valence-corrected chi connectivity index (χ1v) is 13.4. The third-order valence-electron chi connectivity index (χ3n) is 6.32. The summed E-state index contributed by atoms with van der Waals surface area (Å²) in [6.45, 7) is 3.17. The topological polar surface area (TPSA) is 75.7 Å². The molecule has 0 saturated carbocycles. The molecular weight excluding hydrogens is 544 g/mol. The smallest absolute Gasteiger partial charge is 0.322 e. The Balaban J connectivity index is 1.43. The number of carbonyl (C=O) groups is 1. The molecule has 4 rings (SSSR count). The maximum Gasteiger partial charge on any atom is 0.322 e. The van der Waals surface area contributed by atoms with E-state index in [1.54, 1.807) is 20.4 Å². The monoisotopic (exact) mass is 576 g/mol. The average Bonchev–Trinajstić information content (AvgIpc) is 2.93. The number of anilines is 2. The number of rotatable bonds is 11. The Morgan fingerprint density at radius 3 is 2.58 bits per heavy atom. The summed E-state index contributed by atoms with van der Waals surface area (Å²) in [7, 11) is 3.32. The molecule has 0 bridgehead atoms. The minimum absolute atomic E-state index is 0.151. The summed E-state index contributed by atoms with van der Waals surface area (Å²) in [5.74, 6) is 1.55. The van der Waals surface area contributed by atoms with Gasteiger partial charge in [0.2, 0.25) is 0 Å². The molecule has 4 aromatic rings. The SMILES string of the molecule is COc1cc(NC(C)CCCN(Cc2ccccc2OC)C(=O)Nc2ccc(Br)cc2)c2ncccc2c1. The van der Waals surface area contributed by atoms with Crippen molar-refractivity contribution in [3.8, 4) is 11.5 Å². The molecule has 0 aliphatic carbocycles. The number of pyridine rings is 1. The van der Waals surface area contributed by atoms with Gasteiger partial charge >= 0.3 is 6.03 Å². The highest BCUT2D eigenvalue weighted by Crippen LogP contribution is 2.29. The van der Waals surface area contributed by atoms with Crippen molar-refractivity contribution in [1.82, 2.24) is 9.88 Å². The van der Waals surface area contributed by atoms with Gasteiger partial charge in [0.25, 0.3) is 0 Å². The number of benzene rings is 3. The lowest BCUT2D eigenvalue weighted by molar-refractivity contribution is 0.207.